The molecule has 0 bridgehead atoms. The van der Waals surface area contributed by atoms with E-state index in [9.17, 15) is 19.2 Å². The molecule has 1 aromatic heterocycles. The van der Waals surface area contributed by atoms with Gasteiger partial charge in [-0.05, 0) is 44.0 Å². The van der Waals surface area contributed by atoms with Crippen molar-refractivity contribution in [1.82, 2.24) is 25.3 Å². The van der Waals surface area contributed by atoms with Gasteiger partial charge in [0.2, 0.25) is 11.8 Å². The van der Waals surface area contributed by atoms with E-state index in [4.69, 9.17) is 5.73 Å². The average molecular weight is 489 g/mol. The Morgan fingerprint density at radius 1 is 1.08 bits per heavy atom. The number of nitrogens with two attached hydrogens (primary N) is 1. The third kappa shape index (κ3) is 4.70. The molecule has 0 saturated carbocycles. The van der Waals surface area contributed by atoms with E-state index in [1.54, 1.807) is 12.1 Å². The summed E-state index contributed by atoms with van der Waals surface area (Å²) in [6, 6.07) is 15.4. The topological polar surface area (TPSA) is 139 Å². The highest BCUT2D eigenvalue weighted by atomic mass is 16.2. The maximum Gasteiger partial charge on any atom is 0.325 e. The van der Waals surface area contributed by atoms with Crippen molar-refractivity contribution in [2.75, 3.05) is 6.54 Å². The molecule has 4 rings (SSSR count). The molecule has 0 aliphatic carbocycles. The normalized spacial score (nSPS) is 17.2. The number of rotatable bonds is 8. The molecule has 0 spiro atoms. The van der Waals surface area contributed by atoms with Gasteiger partial charge in [0, 0.05) is 23.4 Å². The summed E-state index contributed by atoms with van der Waals surface area (Å²) < 4.78 is 1.88. The van der Waals surface area contributed by atoms with E-state index in [0.29, 0.717) is 12.1 Å². The predicted octanol–water partition coefficient (Wildman–Crippen LogP) is 1.73. The minimum atomic E-state index is -1.42. The molecule has 2 aromatic carbocycles. The SMILES string of the molecule is Cc1nn(Cc2ccccc2)c(C)c1CNC(=O)CN1C(=O)NC(C)(c2cccc(C(N)=O)c2)C1=O. The molecule has 4 N–H and O–H groups in total. The first kappa shape index (κ1) is 24.6. The van der Waals surface area contributed by atoms with E-state index >= 15 is 0 Å². The molecule has 10 nitrogen and oxygen atoms in total. The van der Waals surface area contributed by atoms with Gasteiger partial charge in [0.15, 0.2) is 0 Å². The smallest absolute Gasteiger partial charge is 0.325 e. The van der Waals surface area contributed by atoms with E-state index < -0.39 is 35.8 Å². The Morgan fingerprint density at radius 2 is 1.81 bits per heavy atom. The van der Waals surface area contributed by atoms with Crippen LogP contribution in [-0.2, 0) is 28.2 Å². The molecule has 10 heteroatoms. The van der Waals surface area contributed by atoms with Crippen LogP contribution in [0.4, 0.5) is 4.79 Å². The number of aromatic nitrogens is 2. The van der Waals surface area contributed by atoms with Gasteiger partial charge in [0.25, 0.3) is 5.91 Å². The zero-order chi connectivity index (χ0) is 26.0. The molecule has 5 amide bonds. The minimum Gasteiger partial charge on any atom is -0.366 e. The number of imide groups is 1. The van der Waals surface area contributed by atoms with Gasteiger partial charge in [-0.2, -0.15) is 5.10 Å². The molecule has 186 valence electrons. The van der Waals surface area contributed by atoms with Gasteiger partial charge in [-0.15, -0.1) is 0 Å². The zero-order valence-electron chi connectivity index (χ0n) is 20.4. The second-order valence-electron chi connectivity index (χ2n) is 8.96. The highest BCUT2D eigenvalue weighted by Crippen LogP contribution is 2.29. The van der Waals surface area contributed by atoms with Crippen LogP contribution in [0.1, 0.15) is 45.4 Å². The van der Waals surface area contributed by atoms with Crippen LogP contribution in [0.15, 0.2) is 54.6 Å². The van der Waals surface area contributed by atoms with Gasteiger partial charge in [0.05, 0.1) is 12.2 Å². The van der Waals surface area contributed by atoms with Crippen LogP contribution in [0.2, 0.25) is 0 Å². The summed E-state index contributed by atoms with van der Waals surface area (Å²) >= 11 is 0. The molecule has 2 heterocycles. The number of hydrogen-bond donors (Lipinski definition) is 3. The number of nitrogens with one attached hydrogen (secondary N) is 2. The quantitative estimate of drug-likeness (QED) is 0.415. The number of amides is 5. The zero-order valence-corrected chi connectivity index (χ0v) is 20.4. The first-order chi connectivity index (χ1) is 17.1. The fourth-order valence-electron chi connectivity index (χ4n) is 4.31. The van der Waals surface area contributed by atoms with Gasteiger partial charge < -0.3 is 16.4 Å². The molecule has 1 aliphatic rings. The molecule has 0 radical (unpaired) electrons. The van der Waals surface area contributed by atoms with Crippen molar-refractivity contribution in [3.05, 3.63) is 88.2 Å². The fraction of sp³-hybridized carbons (Fsp3) is 0.269. The molecule has 1 unspecified atom stereocenters. The largest absolute Gasteiger partial charge is 0.366 e. The summed E-state index contributed by atoms with van der Waals surface area (Å²) in [6.45, 7) is 5.73. The monoisotopic (exact) mass is 488 g/mol. The highest BCUT2D eigenvalue weighted by Gasteiger charge is 2.49. The molecule has 1 aliphatic heterocycles. The summed E-state index contributed by atoms with van der Waals surface area (Å²) in [5.74, 6) is -1.72. The molecule has 1 atom stereocenters. The Balaban J connectivity index is 1.42. The van der Waals surface area contributed by atoms with E-state index in [1.165, 1.54) is 19.1 Å². The number of primary amides is 1. The van der Waals surface area contributed by atoms with Crippen LogP contribution in [-0.4, -0.2) is 45.0 Å². The Morgan fingerprint density at radius 3 is 2.50 bits per heavy atom. The number of urea groups is 1. The van der Waals surface area contributed by atoms with Crippen molar-refractivity contribution in [2.24, 2.45) is 5.73 Å². The fourth-order valence-corrected chi connectivity index (χ4v) is 4.31. The summed E-state index contributed by atoms with van der Waals surface area (Å²) in [5, 5.41) is 10.0. The molecule has 36 heavy (non-hydrogen) atoms. The molecule has 3 aromatic rings. The molecular weight excluding hydrogens is 460 g/mol. The lowest BCUT2D eigenvalue weighted by Crippen LogP contribution is -2.43. The predicted molar refractivity (Wildman–Crippen MR) is 132 cm³/mol. The van der Waals surface area contributed by atoms with Crippen LogP contribution in [0.3, 0.4) is 0 Å². The van der Waals surface area contributed by atoms with Crippen LogP contribution in [0.25, 0.3) is 0 Å². The number of aryl methyl sites for hydroxylation is 1. The Bertz CT molecular complexity index is 1350. The standard InChI is InChI=1S/C26H28N6O4/c1-16-21(17(2)32(30-16)14-18-8-5-4-6-9-18)13-28-22(33)15-31-24(35)26(3,29-25(31)36)20-11-7-10-19(12-20)23(27)34/h4-12H,13-15H2,1-3H3,(H2,27,34)(H,28,33)(H,29,36). The van der Waals surface area contributed by atoms with Crippen molar-refractivity contribution in [1.29, 1.82) is 0 Å². The van der Waals surface area contributed by atoms with Gasteiger partial charge in [0.1, 0.15) is 12.1 Å². The van der Waals surface area contributed by atoms with E-state index in [-0.39, 0.29) is 12.1 Å². The lowest BCUT2D eigenvalue weighted by molar-refractivity contribution is -0.134. The Kier molecular flexibility index (Phi) is 6.61. The highest BCUT2D eigenvalue weighted by molar-refractivity contribution is 6.09. The molecule has 1 fully saturated rings. The van der Waals surface area contributed by atoms with E-state index in [1.807, 2.05) is 48.9 Å². The van der Waals surface area contributed by atoms with Gasteiger partial charge in [-0.25, -0.2) is 4.79 Å². The third-order valence-corrected chi connectivity index (χ3v) is 6.47. The molecule has 1 saturated heterocycles. The van der Waals surface area contributed by atoms with Crippen LogP contribution in [0, 0.1) is 13.8 Å². The van der Waals surface area contributed by atoms with Crippen molar-refractivity contribution in [3.8, 4) is 0 Å². The van der Waals surface area contributed by atoms with Crippen molar-refractivity contribution in [2.45, 2.75) is 39.4 Å². The number of carbonyl (C=O) groups excluding carboxylic acids is 4. The summed E-state index contributed by atoms with van der Waals surface area (Å²) in [5.41, 5.74) is 8.24. The number of benzene rings is 2. The van der Waals surface area contributed by atoms with E-state index in [2.05, 4.69) is 15.7 Å². The maximum absolute atomic E-state index is 13.1. The van der Waals surface area contributed by atoms with Crippen molar-refractivity contribution in [3.63, 3.8) is 0 Å². The lowest BCUT2D eigenvalue weighted by atomic mass is 9.90. The number of carbonyl (C=O) groups is 4. The Labute approximate surface area is 208 Å². The number of nitrogens with zero attached hydrogens (tertiary/aromatic N) is 3. The van der Waals surface area contributed by atoms with Crippen LogP contribution < -0.4 is 16.4 Å². The van der Waals surface area contributed by atoms with Crippen molar-refractivity contribution >= 4 is 23.8 Å². The Hall–Kier alpha value is -4.47. The van der Waals surface area contributed by atoms with Gasteiger partial charge in [-0.3, -0.25) is 24.0 Å². The maximum atomic E-state index is 13.1. The van der Waals surface area contributed by atoms with Gasteiger partial charge in [-0.1, -0.05) is 42.5 Å². The van der Waals surface area contributed by atoms with Gasteiger partial charge >= 0.3 is 6.03 Å². The van der Waals surface area contributed by atoms with Crippen LogP contribution in [0.5, 0.6) is 0 Å². The van der Waals surface area contributed by atoms with E-state index in [0.717, 1.165) is 27.4 Å². The molecular formula is C26H28N6O4. The average Bonchev–Trinajstić information content (AvgIpc) is 3.24. The summed E-state index contributed by atoms with van der Waals surface area (Å²) in [7, 11) is 0. The lowest BCUT2D eigenvalue weighted by Gasteiger charge is -2.22. The minimum absolute atomic E-state index is 0.213. The third-order valence-electron chi connectivity index (χ3n) is 6.47. The second kappa shape index (κ2) is 9.65. The van der Waals surface area contributed by atoms with Crippen LogP contribution >= 0.6 is 0 Å². The first-order valence-electron chi connectivity index (χ1n) is 11.5. The summed E-state index contributed by atoms with van der Waals surface area (Å²) in [6.07, 6.45) is 0. The summed E-state index contributed by atoms with van der Waals surface area (Å²) in [4.78, 5) is 50.8. The first-order valence-corrected chi connectivity index (χ1v) is 11.5. The second-order valence-corrected chi connectivity index (χ2v) is 8.96. The number of hydrogen-bond acceptors (Lipinski definition) is 5. The van der Waals surface area contributed by atoms with Crippen molar-refractivity contribution < 1.29 is 19.2 Å².